The molecule has 3 N–H and O–H groups in total. The number of allylic oxidation sites excluding steroid dienone is 1. The Balaban J connectivity index is 1.15. The summed E-state index contributed by atoms with van der Waals surface area (Å²) >= 11 is 2.68. The van der Waals surface area contributed by atoms with E-state index in [2.05, 4.69) is 22.0 Å². The van der Waals surface area contributed by atoms with Crippen molar-refractivity contribution in [3.63, 3.8) is 0 Å². The molecule has 2 unspecified atom stereocenters. The largest absolute Gasteiger partial charge is 0.448 e. The van der Waals surface area contributed by atoms with E-state index in [9.17, 15) is 14.4 Å². The van der Waals surface area contributed by atoms with E-state index in [4.69, 9.17) is 15.3 Å². The van der Waals surface area contributed by atoms with E-state index in [1.807, 2.05) is 96.8 Å². The van der Waals surface area contributed by atoms with Crippen molar-refractivity contribution >= 4 is 52.2 Å². The number of oxime groups is 1. The number of nitrogens with one attached hydrogen (secondary N) is 1. The van der Waals surface area contributed by atoms with Crippen LogP contribution >= 0.6 is 23.1 Å². The number of thioether (sulfide) groups is 1. The Morgan fingerprint density at radius 2 is 1.77 bits per heavy atom. The molecule has 0 spiro atoms. The maximum Gasteiger partial charge on any atom is 0.356 e. The van der Waals surface area contributed by atoms with Crippen molar-refractivity contribution in [2.24, 2.45) is 12.2 Å². The lowest BCUT2D eigenvalue weighted by Crippen LogP contribution is -2.70. The Kier molecular flexibility index (Phi) is 9.45. The van der Waals surface area contributed by atoms with Crippen LogP contribution in [-0.4, -0.2) is 51.1 Å². The van der Waals surface area contributed by atoms with Crippen LogP contribution < -0.4 is 15.6 Å². The molecule has 2 amide bonds. The predicted octanol–water partition coefficient (Wildman–Crippen LogP) is 3.81. The smallest absolute Gasteiger partial charge is 0.356 e. The van der Waals surface area contributed by atoms with Gasteiger partial charge in [0, 0.05) is 17.2 Å². The molecule has 11 nitrogen and oxygen atoms in total. The molecule has 0 saturated carbocycles. The number of anilines is 1. The fourth-order valence-corrected chi connectivity index (χ4v) is 7.25. The molecule has 47 heavy (non-hydrogen) atoms. The van der Waals surface area contributed by atoms with Crippen molar-refractivity contribution in [2.75, 3.05) is 11.5 Å². The number of hydrogen-bond donors (Lipinski definition) is 2. The van der Waals surface area contributed by atoms with Crippen LogP contribution in [0, 0.1) is 0 Å². The third-order valence-electron chi connectivity index (χ3n) is 7.57. The molecule has 2 aromatic carbocycles. The third-order valence-corrected chi connectivity index (χ3v) is 9.57. The molecule has 2 aliphatic heterocycles. The van der Waals surface area contributed by atoms with Gasteiger partial charge < -0.3 is 20.6 Å². The van der Waals surface area contributed by atoms with Crippen molar-refractivity contribution in [3.05, 3.63) is 137 Å². The number of hydrogen-bond acceptors (Lipinski definition) is 10. The fourth-order valence-electron chi connectivity index (χ4n) is 5.34. The van der Waals surface area contributed by atoms with Crippen molar-refractivity contribution in [2.45, 2.75) is 23.6 Å². The lowest BCUT2D eigenvalue weighted by Gasteiger charge is -2.49. The predicted molar refractivity (Wildman–Crippen MR) is 179 cm³/mol. The topological polar surface area (TPSA) is 140 Å². The molecule has 2 aliphatic rings. The molecule has 0 radical (unpaired) electrons. The first-order valence-electron chi connectivity index (χ1n) is 14.6. The number of pyridine rings is 1. The summed E-state index contributed by atoms with van der Waals surface area (Å²) in [7, 11) is 1.87. The number of amides is 2. The lowest BCUT2D eigenvalue weighted by molar-refractivity contribution is -0.672. The molecule has 238 valence electrons. The number of β-lactam (4-membered cyclic amide) rings is 1. The number of nitrogens with two attached hydrogens (primary N) is 1. The highest BCUT2D eigenvalue weighted by atomic mass is 32.2. The van der Waals surface area contributed by atoms with Crippen LogP contribution in [0.5, 0.6) is 0 Å². The monoisotopic (exact) mass is 667 g/mol. The van der Waals surface area contributed by atoms with Gasteiger partial charge in [0.2, 0.25) is 6.10 Å². The van der Waals surface area contributed by atoms with Crippen LogP contribution in [-0.2, 0) is 31.0 Å². The zero-order valence-corrected chi connectivity index (χ0v) is 26.9. The number of nitrogens with zero attached hydrogens (tertiary/aromatic N) is 4. The molecule has 0 aliphatic carbocycles. The summed E-state index contributed by atoms with van der Waals surface area (Å²) in [6.45, 7) is 3.86. The number of esters is 1. The summed E-state index contributed by atoms with van der Waals surface area (Å²) in [5.74, 6) is -1.33. The van der Waals surface area contributed by atoms with Gasteiger partial charge in [0.15, 0.2) is 23.6 Å². The van der Waals surface area contributed by atoms with Crippen molar-refractivity contribution < 1.29 is 28.5 Å². The van der Waals surface area contributed by atoms with Crippen LogP contribution in [0.1, 0.15) is 34.6 Å². The average molecular weight is 668 g/mol. The standard InChI is InChI=1S/C34H30N6O5S2/c1-3-21-19-46-32-27(38-26(41)17-36-45-30(25-20-47-34(35)37-25)24-15-10-16-39(2)18-24)31(42)40(32)28(21)33(43)44-29(22-11-6-4-7-12-22)23-13-8-5-9-14-23/h3-18,20,27,29-30,32H,1,19H2,2H3,(H2-,35,37,38,41)/p+1/b36-17-/t27?,30?,32-/m1/s1. The van der Waals surface area contributed by atoms with Gasteiger partial charge in [-0.2, -0.15) is 0 Å². The molecular formula is C34H31N6O5S2+. The summed E-state index contributed by atoms with van der Waals surface area (Å²) in [6.07, 6.45) is 4.86. The molecule has 4 aromatic rings. The van der Waals surface area contributed by atoms with Gasteiger partial charge in [-0.05, 0) is 22.8 Å². The van der Waals surface area contributed by atoms with Crippen molar-refractivity contribution in [1.29, 1.82) is 0 Å². The molecule has 6 rings (SSSR count). The number of carbonyl (C=O) groups is 3. The van der Waals surface area contributed by atoms with Gasteiger partial charge in [0.25, 0.3) is 11.8 Å². The van der Waals surface area contributed by atoms with E-state index >= 15 is 0 Å². The lowest BCUT2D eigenvalue weighted by atomic mass is 10.0. The van der Waals surface area contributed by atoms with Crippen LogP contribution in [0.4, 0.5) is 5.13 Å². The summed E-state index contributed by atoms with van der Waals surface area (Å²) in [4.78, 5) is 51.5. The molecule has 2 aromatic heterocycles. The highest BCUT2D eigenvalue weighted by Crippen LogP contribution is 2.42. The van der Waals surface area contributed by atoms with E-state index in [0.717, 1.165) is 22.9 Å². The van der Waals surface area contributed by atoms with E-state index in [1.54, 1.807) is 11.5 Å². The van der Waals surface area contributed by atoms with Gasteiger partial charge in [-0.15, -0.1) is 23.1 Å². The number of thiazole rings is 1. The molecule has 4 heterocycles. The zero-order valence-electron chi connectivity index (χ0n) is 25.3. The minimum Gasteiger partial charge on any atom is -0.448 e. The summed E-state index contributed by atoms with van der Waals surface area (Å²) in [5.41, 5.74) is 9.41. The first-order valence-corrected chi connectivity index (χ1v) is 16.5. The average Bonchev–Trinajstić information content (AvgIpc) is 3.53. The first kappa shape index (κ1) is 31.7. The highest BCUT2D eigenvalue weighted by molar-refractivity contribution is 8.00. The van der Waals surface area contributed by atoms with Crippen LogP contribution in [0.3, 0.4) is 0 Å². The van der Waals surface area contributed by atoms with E-state index in [0.29, 0.717) is 22.2 Å². The maximum absolute atomic E-state index is 13.8. The number of rotatable bonds is 11. The number of ether oxygens (including phenoxy) is 1. The second-order valence-electron chi connectivity index (χ2n) is 10.7. The van der Waals surface area contributed by atoms with Crippen LogP contribution in [0.25, 0.3) is 0 Å². The number of carbonyl (C=O) groups excluding carboxylic acids is 3. The van der Waals surface area contributed by atoms with Crippen LogP contribution in [0.2, 0.25) is 0 Å². The van der Waals surface area contributed by atoms with E-state index < -0.39 is 41.4 Å². The van der Waals surface area contributed by atoms with E-state index in [-0.39, 0.29) is 5.70 Å². The summed E-state index contributed by atoms with van der Waals surface area (Å²) < 4.78 is 7.94. The molecule has 3 atom stereocenters. The van der Waals surface area contributed by atoms with Gasteiger partial charge in [0.1, 0.15) is 36.1 Å². The number of benzene rings is 2. The number of fused-ring (bicyclic) bond motifs is 1. The number of nitrogen functional groups attached to an aromatic ring is 1. The Morgan fingerprint density at radius 1 is 1.09 bits per heavy atom. The normalized spacial score (nSPS) is 18.0. The van der Waals surface area contributed by atoms with Gasteiger partial charge in [-0.1, -0.05) is 78.5 Å². The fraction of sp³-hybridized carbons (Fsp3) is 0.176. The Labute approximate surface area is 279 Å². The molecule has 1 saturated heterocycles. The van der Waals surface area contributed by atoms with Gasteiger partial charge >= 0.3 is 5.97 Å². The Hall–Kier alpha value is -5.27. The highest BCUT2D eigenvalue weighted by Gasteiger charge is 2.54. The van der Waals surface area contributed by atoms with Gasteiger partial charge in [-0.3, -0.25) is 14.5 Å². The third kappa shape index (κ3) is 6.81. The molecule has 0 bridgehead atoms. The molecule has 1 fully saturated rings. The second kappa shape index (κ2) is 14.0. The van der Waals surface area contributed by atoms with Gasteiger partial charge in [-0.25, -0.2) is 14.3 Å². The number of aromatic nitrogens is 2. The van der Waals surface area contributed by atoms with Crippen molar-refractivity contribution in [3.8, 4) is 0 Å². The molecule has 13 heteroatoms. The van der Waals surface area contributed by atoms with Gasteiger partial charge in [0.05, 0.1) is 5.56 Å². The maximum atomic E-state index is 13.8. The molecular weight excluding hydrogens is 637 g/mol. The zero-order chi connectivity index (χ0) is 32.9. The number of aryl methyl sites for hydroxylation is 1. The van der Waals surface area contributed by atoms with E-state index in [1.165, 1.54) is 28.0 Å². The summed E-state index contributed by atoms with van der Waals surface area (Å²) in [6, 6.07) is 21.6. The second-order valence-corrected chi connectivity index (χ2v) is 12.7. The Bertz CT molecular complexity index is 1820. The summed E-state index contributed by atoms with van der Waals surface area (Å²) in [5, 5.41) is 8.23. The minimum atomic E-state index is -0.880. The minimum absolute atomic E-state index is 0.120. The Morgan fingerprint density at radius 3 is 2.38 bits per heavy atom. The van der Waals surface area contributed by atoms with Crippen LogP contribution in [0.15, 0.2) is 120 Å². The quantitative estimate of drug-likeness (QED) is 0.0810. The first-order chi connectivity index (χ1) is 22.8. The SMILES string of the molecule is C=CC1=C(C(=O)OC(c2ccccc2)c2ccccc2)N2C(=O)C(NC(=O)/C=N\OC(c3ccc[n+](C)c3)c3csc(N)n3)[C@H]2SC1. The van der Waals surface area contributed by atoms with Crippen molar-refractivity contribution in [1.82, 2.24) is 15.2 Å².